The molecule has 0 bridgehead atoms. The molecule has 0 saturated carbocycles. The van der Waals surface area contributed by atoms with Gasteiger partial charge in [-0.3, -0.25) is 0 Å². The molecular formula is C31H24N2Si. The smallest absolute Gasteiger partial charge is 0.303 e. The second kappa shape index (κ2) is 7.21. The summed E-state index contributed by atoms with van der Waals surface area (Å²) < 4.78 is 5.34. The third-order valence-corrected chi connectivity index (χ3v) is 11.5. The van der Waals surface area contributed by atoms with Crippen LogP contribution >= 0.6 is 0 Å². The standard InChI is InChI=1S/C31H24N2Si/c1-34(23-13-3-2-4-14-23,32-28-19-9-5-15-24(28)25-16-6-10-20-29(25)32)33-30-21-11-7-17-26(30)27-18-8-12-22-31(27)33/h2-22H,1H3. The monoisotopic (exact) mass is 452 g/mol. The van der Waals surface area contributed by atoms with Gasteiger partial charge in [0.05, 0.1) is 0 Å². The Labute approximate surface area is 199 Å². The summed E-state index contributed by atoms with van der Waals surface area (Å²) in [5.74, 6) is 0. The zero-order valence-electron chi connectivity index (χ0n) is 19.0. The van der Waals surface area contributed by atoms with Gasteiger partial charge < -0.3 is 8.47 Å². The van der Waals surface area contributed by atoms with Crippen LogP contribution in [-0.2, 0) is 0 Å². The number of benzene rings is 5. The van der Waals surface area contributed by atoms with Crippen LogP contribution in [0.15, 0.2) is 127 Å². The molecule has 0 amide bonds. The molecule has 3 heteroatoms. The lowest BCUT2D eigenvalue weighted by atomic mass is 10.2. The van der Waals surface area contributed by atoms with Gasteiger partial charge in [-0.15, -0.1) is 0 Å². The summed E-state index contributed by atoms with van der Waals surface area (Å²) in [6.07, 6.45) is 0. The summed E-state index contributed by atoms with van der Waals surface area (Å²) in [4.78, 5) is 0. The lowest BCUT2D eigenvalue weighted by Gasteiger charge is -2.34. The Kier molecular flexibility index (Phi) is 4.11. The highest BCUT2D eigenvalue weighted by molar-refractivity contribution is 6.90. The van der Waals surface area contributed by atoms with Crippen LogP contribution in [0.2, 0.25) is 6.55 Å². The number of aromatic nitrogens is 2. The Morgan fingerprint density at radius 2 is 0.676 bits per heavy atom. The molecule has 0 saturated heterocycles. The van der Waals surface area contributed by atoms with Crippen LogP contribution in [0.25, 0.3) is 43.6 Å². The third-order valence-electron chi connectivity index (χ3n) is 7.35. The average Bonchev–Trinajstić information content (AvgIpc) is 3.43. The fourth-order valence-electron chi connectivity index (χ4n) is 5.90. The maximum Gasteiger partial charge on any atom is 0.303 e. The van der Waals surface area contributed by atoms with E-state index in [1.807, 2.05) is 0 Å². The van der Waals surface area contributed by atoms with Crippen molar-refractivity contribution in [2.75, 3.05) is 0 Å². The van der Waals surface area contributed by atoms with Crippen LogP contribution in [-0.4, -0.2) is 16.9 Å². The van der Waals surface area contributed by atoms with Crippen LogP contribution < -0.4 is 5.19 Å². The van der Waals surface area contributed by atoms with Crippen LogP contribution in [0.4, 0.5) is 0 Å². The van der Waals surface area contributed by atoms with Gasteiger partial charge in [-0.25, -0.2) is 0 Å². The van der Waals surface area contributed by atoms with Crippen LogP contribution in [0.1, 0.15) is 0 Å². The zero-order valence-corrected chi connectivity index (χ0v) is 20.0. The van der Waals surface area contributed by atoms with Gasteiger partial charge in [-0.1, -0.05) is 103 Å². The van der Waals surface area contributed by atoms with Crippen molar-refractivity contribution >= 4 is 57.2 Å². The minimum atomic E-state index is -2.60. The van der Waals surface area contributed by atoms with Crippen molar-refractivity contribution in [2.24, 2.45) is 0 Å². The Hall–Kier alpha value is -4.08. The van der Waals surface area contributed by atoms with Gasteiger partial charge >= 0.3 is 8.40 Å². The minimum Gasteiger partial charge on any atom is -0.346 e. The Morgan fingerprint density at radius 3 is 1.03 bits per heavy atom. The van der Waals surface area contributed by atoms with E-state index in [-0.39, 0.29) is 0 Å². The molecule has 7 rings (SSSR count). The number of hydrogen-bond donors (Lipinski definition) is 0. The topological polar surface area (TPSA) is 9.86 Å². The molecule has 162 valence electrons. The lowest BCUT2D eigenvalue weighted by molar-refractivity contribution is 1.13. The van der Waals surface area contributed by atoms with E-state index in [0.29, 0.717) is 0 Å². The average molecular weight is 453 g/mol. The first kappa shape index (κ1) is 19.4. The van der Waals surface area contributed by atoms with Crippen molar-refractivity contribution in [3.05, 3.63) is 127 Å². The largest absolute Gasteiger partial charge is 0.346 e. The summed E-state index contributed by atoms with van der Waals surface area (Å²) in [7, 11) is -2.60. The first-order valence-corrected chi connectivity index (χ1v) is 14.2. The van der Waals surface area contributed by atoms with E-state index in [4.69, 9.17) is 0 Å². The number of hydrogen-bond acceptors (Lipinski definition) is 0. The van der Waals surface area contributed by atoms with Gasteiger partial charge in [0, 0.05) is 43.6 Å². The predicted octanol–water partition coefficient (Wildman–Crippen LogP) is 7.28. The highest BCUT2D eigenvalue weighted by atomic mass is 28.3. The van der Waals surface area contributed by atoms with Gasteiger partial charge in [0.15, 0.2) is 0 Å². The van der Waals surface area contributed by atoms with Gasteiger partial charge in [0.2, 0.25) is 0 Å². The van der Waals surface area contributed by atoms with E-state index in [0.717, 1.165) is 0 Å². The molecule has 0 radical (unpaired) electrons. The Bertz CT molecular complexity index is 1600. The van der Waals surface area contributed by atoms with E-state index in [1.54, 1.807) is 0 Å². The molecule has 0 N–H and O–H groups in total. The highest BCUT2D eigenvalue weighted by Crippen LogP contribution is 2.37. The van der Waals surface area contributed by atoms with Crippen molar-refractivity contribution in [1.29, 1.82) is 0 Å². The molecule has 0 atom stereocenters. The highest BCUT2D eigenvalue weighted by Gasteiger charge is 2.40. The number of rotatable bonds is 3. The minimum absolute atomic E-state index is 1.29. The zero-order chi connectivity index (χ0) is 22.7. The molecule has 5 aromatic carbocycles. The predicted molar refractivity (Wildman–Crippen MR) is 147 cm³/mol. The summed E-state index contributed by atoms with van der Waals surface area (Å²) >= 11 is 0. The molecule has 0 spiro atoms. The molecule has 0 unspecified atom stereocenters. The van der Waals surface area contributed by atoms with Crippen molar-refractivity contribution in [1.82, 2.24) is 8.47 Å². The fourth-order valence-corrected chi connectivity index (χ4v) is 10.1. The lowest BCUT2D eigenvalue weighted by Crippen LogP contribution is -2.58. The van der Waals surface area contributed by atoms with Gasteiger partial charge in [-0.2, -0.15) is 0 Å². The van der Waals surface area contributed by atoms with Gasteiger partial charge in [-0.05, 0) is 36.0 Å². The van der Waals surface area contributed by atoms with E-state index >= 15 is 0 Å². The third kappa shape index (κ3) is 2.50. The molecule has 7 aromatic rings. The molecule has 0 aliphatic carbocycles. The molecule has 0 fully saturated rings. The van der Waals surface area contributed by atoms with E-state index in [1.165, 1.54) is 48.8 Å². The summed E-state index contributed by atoms with van der Waals surface area (Å²) in [6.45, 7) is 2.50. The van der Waals surface area contributed by atoms with Crippen molar-refractivity contribution in [3.8, 4) is 0 Å². The van der Waals surface area contributed by atoms with Crippen LogP contribution in [0, 0.1) is 0 Å². The normalized spacial score (nSPS) is 12.3. The maximum atomic E-state index is 2.67. The summed E-state index contributed by atoms with van der Waals surface area (Å²) in [6, 6.07) is 46.6. The second-order valence-corrected chi connectivity index (χ2v) is 12.6. The second-order valence-electron chi connectivity index (χ2n) is 9.13. The molecule has 2 nitrogen and oxygen atoms in total. The van der Waals surface area contributed by atoms with E-state index in [2.05, 4.69) is 142 Å². The molecule has 2 aromatic heterocycles. The van der Waals surface area contributed by atoms with Crippen molar-refractivity contribution in [3.63, 3.8) is 0 Å². The SMILES string of the molecule is C[Si](c1ccccc1)(n1c2ccccc2c2ccccc21)n1c2ccccc2c2ccccc21. The van der Waals surface area contributed by atoms with Gasteiger partial charge in [0.1, 0.15) is 0 Å². The van der Waals surface area contributed by atoms with Crippen molar-refractivity contribution < 1.29 is 0 Å². The van der Waals surface area contributed by atoms with Gasteiger partial charge in [0.25, 0.3) is 0 Å². The Balaban J connectivity index is 1.75. The first-order chi connectivity index (χ1) is 16.8. The molecule has 34 heavy (non-hydrogen) atoms. The van der Waals surface area contributed by atoms with E-state index in [9.17, 15) is 0 Å². The Morgan fingerprint density at radius 1 is 0.382 bits per heavy atom. The molecule has 0 aliphatic heterocycles. The molecule has 2 heterocycles. The number of para-hydroxylation sites is 4. The van der Waals surface area contributed by atoms with Crippen molar-refractivity contribution in [2.45, 2.75) is 6.55 Å². The maximum absolute atomic E-state index is 2.67. The van der Waals surface area contributed by atoms with E-state index < -0.39 is 8.40 Å². The molecule has 0 aliphatic rings. The summed E-state index contributed by atoms with van der Waals surface area (Å²) in [5, 5.41) is 6.64. The summed E-state index contributed by atoms with van der Waals surface area (Å²) in [5.41, 5.74) is 5.18. The number of fused-ring (bicyclic) bond motifs is 6. The number of nitrogens with zero attached hydrogens (tertiary/aromatic N) is 2. The first-order valence-electron chi connectivity index (χ1n) is 11.8. The molecular weight excluding hydrogens is 428 g/mol. The van der Waals surface area contributed by atoms with Crippen LogP contribution in [0.5, 0.6) is 0 Å². The fraction of sp³-hybridized carbons (Fsp3) is 0.0323. The van der Waals surface area contributed by atoms with Crippen LogP contribution in [0.3, 0.4) is 0 Å². The quantitative estimate of drug-likeness (QED) is 0.249.